The van der Waals surface area contributed by atoms with E-state index in [9.17, 15) is 9.59 Å². The van der Waals surface area contributed by atoms with Crippen molar-refractivity contribution in [3.63, 3.8) is 0 Å². The van der Waals surface area contributed by atoms with Crippen molar-refractivity contribution in [3.8, 4) is 0 Å². The van der Waals surface area contributed by atoms with Crippen molar-refractivity contribution in [2.75, 3.05) is 19.6 Å². The Morgan fingerprint density at radius 3 is 2.48 bits per heavy atom. The normalized spacial score (nSPS) is 10.8. The Labute approximate surface area is 132 Å². The van der Waals surface area contributed by atoms with Gasteiger partial charge in [0.2, 0.25) is 0 Å². The van der Waals surface area contributed by atoms with Crippen LogP contribution in [0.15, 0.2) is 30.0 Å². The zero-order chi connectivity index (χ0) is 15.8. The Bertz CT molecular complexity index is 561. The van der Waals surface area contributed by atoms with Crippen molar-refractivity contribution in [1.82, 2.24) is 5.43 Å². The Morgan fingerprint density at radius 2 is 1.90 bits per heavy atom. The van der Waals surface area contributed by atoms with E-state index in [1.165, 1.54) is 20.3 Å². The number of nitrogens with one attached hydrogen (secondary N) is 2. The first-order valence-electron chi connectivity index (χ1n) is 5.80. The van der Waals surface area contributed by atoms with Gasteiger partial charge in [0, 0.05) is 0 Å². The third kappa shape index (κ3) is 5.53. The number of hydrogen-bond donors (Lipinski definition) is 2. The Balaban J connectivity index is 2.75. The molecule has 2 N–H and O–H groups in total. The standard InChI is InChI=1S/C13H14Cl2N2O4/c1-20-12(18)6-5-11(13(19)21-2)17-16-8-3-4-9(14)10(15)7-8/h3-5,7,16-17H,6H2,1-2H3/b11-5-. The lowest BCUT2D eigenvalue weighted by Gasteiger charge is -2.12. The molecule has 0 aromatic heterocycles. The topological polar surface area (TPSA) is 76.7 Å². The van der Waals surface area contributed by atoms with Crippen LogP contribution in [0.25, 0.3) is 0 Å². The molecule has 8 heteroatoms. The molecule has 0 saturated heterocycles. The van der Waals surface area contributed by atoms with E-state index in [-0.39, 0.29) is 12.1 Å². The van der Waals surface area contributed by atoms with Gasteiger partial charge in [-0.1, -0.05) is 23.2 Å². The third-order valence-electron chi connectivity index (χ3n) is 2.37. The fraction of sp³-hybridized carbons (Fsp3) is 0.231. The summed E-state index contributed by atoms with van der Waals surface area (Å²) in [5.41, 5.74) is 6.04. The Hall–Kier alpha value is -1.92. The lowest BCUT2D eigenvalue weighted by molar-refractivity contribution is -0.139. The minimum atomic E-state index is -0.633. The van der Waals surface area contributed by atoms with Gasteiger partial charge >= 0.3 is 11.9 Å². The van der Waals surface area contributed by atoms with E-state index in [0.29, 0.717) is 15.7 Å². The number of anilines is 1. The van der Waals surface area contributed by atoms with Crippen LogP contribution in [0.2, 0.25) is 10.0 Å². The van der Waals surface area contributed by atoms with E-state index in [1.54, 1.807) is 18.2 Å². The minimum absolute atomic E-state index is 0.0639. The third-order valence-corrected chi connectivity index (χ3v) is 3.11. The molecule has 0 aliphatic heterocycles. The van der Waals surface area contributed by atoms with Gasteiger partial charge in [0.25, 0.3) is 0 Å². The second-order valence-corrected chi connectivity index (χ2v) is 4.58. The monoisotopic (exact) mass is 332 g/mol. The largest absolute Gasteiger partial charge is 0.469 e. The van der Waals surface area contributed by atoms with Gasteiger partial charge in [-0.3, -0.25) is 10.2 Å². The highest BCUT2D eigenvalue weighted by Gasteiger charge is 2.10. The molecule has 0 fully saturated rings. The maximum Gasteiger partial charge on any atom is 0.355 e. The van der Waals surface area contributed by atoms with Crippen LogP contribution in [0.5, 0.6) is 0 Å². The number of ether oxygens (including phenoxy) is 2. The smallest absolute Gasteiger partial charge is 0.355 e. The van der Waals surface area contributed by atoms with Gasteiger partial charge in [-0.2, -0.15) is 0 Å². The molecule has 21 heavy (non-hydrogen) atoms. The molecule has 0 bridgehead atoms. The summed E-state index contributed by atoms with van der Waals surface area (Å²) in [7, 11) is 2.49. The van der Waals surface area contributed by atoms with Crippen LogP contribution in [0.3, 0.4) is 0 Å². The lowest BCUT2D eigenvalue weighted by Crippen LogP contribution is -2.27. The van der Waals surface area contributed by atoms with Gasteiger partial charge in [-0.25, -0.2) is 4.79 Å². The molecule has 0 spiro atoms. The van der Waals surface area contributed by atoms with Gasteiger partial charge in [0.15, 0.2) is 0 Å². The van der Waals surface area contributed by atoms with Crippen LogP contribution in [0.4, 0.5) is 5.69 Å². The van der Waals surface area contributed by atoms with Gasteiger partial charge in [-0.05, 0) is 24.3 Å². The minimum Gasteiger partial charge on any atom is -0.469 e. The summed E-state index contributed by atoms with van der Waals surface area (Å²) < 4.78 is 9.09. The second-order valence-electron chi connectivity index (χ2n) is 3.77. The summed E-state index contributed by atoms with van der Waals surface area (Å²) >= 11 is 11.7. The second kappa shape index (κ2) is 8.39. The van der Waals surface area contributed by atoms with Gasteiger partial charge in [0.1, 0.15) is 5.70 Å². The number of benzene rings is 1. The van der Waals surface area contributed by atoms with E-state index >= 15 is 0 Å². The Kier molecular flexibility index (Phi) is 6.84. The van der Waals surface area contributed by atoms with Crippen molar-refractivity contribution in [2.45, 2.75) is 6.42 Å². The molecule has 0 saturated carbocycles. The molecule has 0 unspecified atom stereocenters. The van der Waals surface area contributed by atoms with E-state index in [0.717, 1.165) is 0 Å². The molecule has 114 valence electrons. The number of rotatable bonds is 6. The molecule has 0 aliphatic rings. The van der Waals surface area contributed by atoms with Gasteiger partial charge < -0.3 is 14.9 Å². The van der Waals surface area contributed by atoms with Crippen LogP contribution >= 0.6 is 23.2 Å². The zero-order valence-electron chi connectivity index (χ0n) is 11.4. The van der Waals surface area contributed by atoms with Crippen LogP contribution in [-0.2, 0) is 19.1 Å². The van der Waals surface area contributed by atoms with E-state index < -0.39 is 11.9 Å². The van der Waals surface area contributed by atoms with Crippen molar-refractivity contribution in [2.24, 2.45) is 0 Å². The summed E-state index contributed by atoms with van der Waals surface area (Å²) in [4.78, 5) is 22.6. The number of hydrogen-bond acceptors (Lipinski definition) is 6. The summed E-state index contributed by atoms with van der Waals surface area (Å²) in [5, 5.41) is 0.776. The first-order valence-corrected chi connectivity index (χ1v) is 6.56. The average molecular weight is 333 g/mol. The molecule has 0 heterocycles. The maximum atomic E-state index is 11.6. The van der Waals surface area contributed by atoms with Crippen LogP contribution in [0.1, 0.15) is 6.42 Å². The zero-order valence-corrected chi connectivity index (χ0v) is 12.9. The van der Waals surface area contributed by atoms with E-state index in [2.05, 4.69) is 20.3 Å². The molecule has 0 radical (unpaired) electrons. The summed E-state index contributed by atoms with van der Waals surface area (Å²) in [6.45, 7) is 0. The van der Waals surface area contributed by atoms with Crippen LogP contribution in [-0.4, -0.2) is 26.2 Å². The van der Waals surface area contributed by atoms with Gasteiger partial charge in [-0.15, -0.1) is 0 Å². The molecular formula is C13H14Cl2N2O4. The van der Waals surface area contributed by atoms with Crippen molar-refractivity contribution < 1.29 is 19.1 Å². The first-order chi connectivity index (χ1) is 9.97. The summed E-state index contributed by atoms with van der Waals surface area (Å²) in [5.74, 6) is -1.11. The maximum absolute atomic E-state index is 11.6. The van der Waals surface area contributed by atoms with E-state index in [4.69, 9.17) is 23.2 Å². The number of carbonyl (C=O) groups is 2. The summed E-state index contributed by atoms with van der Waals surface area (Å²) in [6, 6.07) is 4.84. The molecule has 0 amide bonds. The molecule has 0 atom stereocenters. The van der Waals surface area contributed by atoms with Crippen LogP contribution < -0.4 is 10.9 Å². The fourth-order valence-electron chi connectivity index (χ4n) is 1.28. The van der Waals surface area contributed by atoms with Gasteiger partial charge in [0.05, 0.1) is 36.4 Å². The van der Waals surface area contributed by atoms with E-state index in [1.807, 2.05) is 0 Å². The quantitative estimate of drug-likeness (QED) is 0.473. The van der Waals surface area contributed by atoms with Crippen molar-refractivity contribution >= 4 is 40.8 Å². The number of halogens is 2. The first kappa shape index (κ1) is 17.1. The van der Waals surface area contributed by atoms with Crippen molar-refractivity contribution in [3.05, 3.63) is 40.0 Å². The number of carbonyl (C=O) groups excluding carboxylic acids is 2. The lowest BCUT2D eigenvalue weighted by atomic mass is 10.3. The fourth-order valence-corrected chi connectivity index (χ4v) is 1.58. The molecule has 1 aromatic rings. The van der Waals surface area contributed by atoms with Crippen LogP contribution in [0, 0.1) is 0 Å². The number of hydrazine groups is 1. The highest BCUT2D eigenvalue weighted by Crippen LogP contribution is 2.24. The molecular weight excluding hydrogens is 319 g/mol. The SMILES string of the molecule is COC(=O)C/C=C(\NNc1ccc(Cl)c(Cl)c1)C(=O)OC. The highest BCUT2D eigenvalue weighted by atomic mass is 35.5. The molecule has 6 nitrogen and oxygen atoms in total. The molecule has 0 aliphatic carbocycles. The predicted octanol–water partition coefficient (Wildman–Crippen LogP) is 2.53. The number of esters is 2. The molecule has 1 rings (SSSR count). The average Bonchev–Trinajstić information content (AvgIpc) is 2.49. The summed E-state index contributed by atoms with van der Waals surface area (Å²) in [6.07, 6.45) is 1.28. The molecule has 1 aromatic carbocycles. The number of methoxy groups -OCH3 is 2. The predicted molar refractivity (Wildman–Crippen MR) is 80.0 cm³/mol. The van der Waals surface area contributed by atoms with Crippen molar-refractivity contribution in [1.29, 1.82) is 0 Å². The highest BCUT2D eigenvalue weighted by molar-refractivity contribution is 6.42. The Morgan fingerprint density at radius 1 is 1.19 bits per heavy atom.